The first-order valence-electron chi connectivity index (χ1n) is 11.6. The van der Waals surface area contributed by atoms with Crippen LogP contribution in [-0.2, 0) is 0 Å². The molecule has 0 radical (unpaired) electrons. The Labute approximate surface area is 220 Å². The molecule has 1 saturated heterocycles. The molecule has 0 saturated carbocycles. The van der Waals surface area contributed by atoms with Crippen LogP contribution in [0, 0.1) is 20.8 Å². The molecule has 5 rings (SSSR count). The standard InChI is InChI=1S/C28H25ClN4O2S/c1-16-7-8-19(27(34)35)15-24(16)32-17(2)14-22(18(32)3)26-25(23-6-4-5-13-30-23)31-28(36)33(26)21-11-9-20(29)10-12-21/h4-15,25-26H,1-3H3,(H,31,36)(H,34,35)/t25-,26-/m1/s1. The number of carbonyl (C=O) groups is 1. The van der Waals surface area contributed by atoms with Crippen molar-refractivity contribution in [1.82, 2.24) is 14.9 Å². The molecule has 36 heavy (non-hydrogen) atoms. The largest absolute Gasteiger partial charge is 0.478 e. The van der Waals surface area contributed by atoms with Crippen molar-refractivity contribution in [2.75, 3.05) is 4.90 Å². The van der Waals surface area contributed by atoms with E-state index >= 15 is 0 Å². The van der Waals surface area contributed by atoms with E-state index < -0.39 is 5.97 Å². The van der Waals surface area contributed by atoms with Crippen LogP contribution in [0.25, 0.3) is 5.69 Å². The number of carboxylic acid groups (broad SMARTS) is 1. The number of aryl methyl sites for hydroxylation is 2. The summed E-state index contributed by atoms with van der Waals surface area (Å²) in [5.41, 5.74) is 6.98. The zero-order valence-corrected chi connectivity index (χ0v) is 21.6. The van der Waals surface area contributed by atoms with Gasteiger partial charge in [-0.1, -0.05) is 23.7 Å². The Bertz CT molecular complexity index is 1470. The summed E-state index contributed by atoms with van der Waals surface area (Å²) in [6.07, 6.45) is 1.78. The monoisotopic (exact) mass is 516 g/mol. The molecule has 0 bridgehead atoms. The molecule has 1 aliphatic heterocycles. The summed E-state index contributed by atoms with van der Waals surface area (Å²) in [6.45, 7) is 6.08. The predicted octanol–water partition coefficient (Wildman–Crippen LogP) is 6.33. The number of carboxylic acids is 1. The summed E-state index contributed by atoms with van der Waals surface area (Å²) < 4.78 is 2.12. The second-order valence-corrected chi connectivity index (χ2v) is 9.76. The van der Waals surface area contributed by atoms with Crippen LogP contribution in [0.3, 0.4) is 0 Å². The molecule has 2 aromatic heterocycles. The summed E-state index contributed by atoms with van der Waals surface area (Å²) in [7, 11) is 0. The van der Waals surface area contributed by atoms with Crippen molar-refractivity contribution in [2.24, 2.45) is 0 Å². The number of benzene rings is 2. The van der Waals surface area contributed by atoms with Gasteiger partial charge in [0.1, 0.15) is 0 Å². The SMILES string of the molecule is Cc1ccc(C(=O)O)cc1-n1c(C)cc([C@@H]2[C@@H](c3ccccn3)NC(=S)N2c2ccc(Cl)cc2)c1C. The maximum atomic E-state index is 11.7. The van der Waals surface area contributed by atoms with Crippen molar-refractivity contribution < 1.29 is 9.90 Å². The molecule has 6 nitrogen and oxygen atoms in total. The highest BCUT2D eigenvalue weighted by molar-refractivity contribution is 7.80. The van der Waals surface area contributed by atoms with Gasteiger partial charge in [-0.3, -0.25) is 4.98 Å². The minimum absolute atomic E-state index is 0.184. The maximum absolute atomic E-state index is 11.7. The molecule has 1 aliphatic rings. The van der Waals surface area contributed by atoms with E-state index in [-0.39, 0.29) is 17.6 Å². The number of hydrogen-bond acceptors (Lipinski definition) is 3. The normalized spacial score (nSPS) is 17.3. The molecule has 3 heterocycles. The first kappa shape index (κ1) is 24.0. The minimum atomic E-state index is -0.951. The number of hydrogen-bond donors (Lipinski definition) is 2. The van der Waals surface area contributed by atoms with Gasteiger partial charge in [-0.05, 0) is 98.7 Å². The Balaban J connectivity index is 1.69. The van der Waals surface area contributed by atoms with Crippen LogP contribution in [0.2, 0.25) is 5.02 Å². The Hall–Kier alpha value is -3.68. The molecule has 0 unspecified atom stereocenters. The average Bonchev–Trinajstić information content (AvgIpc) is 3.35. The van der Waals surface area contributed by atoms with Crippen LogP contribution in [0.4, 0.5) is 5.69 Å². The fraction of sp³-hybridized carbons (Fsp3) is 0.179. The highest BCUT2D eigenvalue weighted by Gasteiger charge is 2.42. The third-order valence-corrected chi connectivity index (χ3v) is 7.26. The van der Waals surface area contributed by atoms with E-state index in [9.17, 15) is 9.90 Å². The Morgan fingerprint density at radius 3 is 2.47 bits per heavy atom. The maximum Gasteiger partial charge on any atom is 0.335 e. The van der Waals surface area contributed by atoms with E-state index in [1.807, 2.05) is 62.4 Å². The third-order valence-electron chi connectivity index (χ3n) is 6.69. The van der Waals surface area contributed by atoms with Crippen LogP contribution in [0.1, 0.15) is 50.7 Å². The summed E-state index contributed by atoms with van der Waals surface area (Å²) in [5.74, 6) is -0.951. The molecule has 2 atom stereocenters. The topological polar surface area (TPSA) is 70.4 Å². The number of anilines is 1. The van der Waals surface area contributed by atoms with E-state index in [0.29, 0.717) is 10.1 Å². The minimum Gasteiger partial charge on any atom is -0.478 e. The highest BCUT2D eigenvalue weighted by atomic mass is 35.5. The van der Waals surface area contributed by atoms with Crippen molar-refractivity contribution >= 4 is 40.6 Å². The number of nitrogens with one attached hydrogen (secondary N) is 1. The lowest BCUT2D eigenvalue weighted by Crippen LogP contribution is -2.29. The van der Waals surface area contributed by atoms with Gasteiger partial charge < -0.3 is 19.9 Å². The molecule has 0 spiro atoms. The Kier molecular flexibility index (Phi) is 6.28. The quantitative estimate of drug-likeness (QED) is 0.302. The van der Waals surface area contributed by atoms with Crippen LogP contribution in [-0.4, -0.2) is 25.7 Å². The average molecular weight is 517 g/mol. The van der Waals surface area contributed by atoms with Crippen molar-refractivity contribution in [3.05, 3.63) is 112 Å². The van der Waals surface area contributed by atoms with Crippen molar-refractivity contribution in [3.8, 4) is 5.69 Å². The van der Waals surface area contributed by atoms with Gasteiger partial charge in [0.2, 0.25) is 0 Å². The predicted molar refractivity (Wildman–Crippen MR) is 146 cm³/mol. The van der Waals surface area contributed by atoms with Gasteiger partial charge in [0.05, 0.1) is 23.3 Å². The highest BCUT2D eigenvalue weighted by Crippen LogP contribution is 2.44. The van der Waals surface area contributed by atoms with Gasteiger partial charge in [0.15, 0.2) is 5.11 Å². The van der Waals surface area contributed by atoms with Gasteiger partial charge in [-0.15, -0.1) is 0 Å². The summed E-state index contributed by atoms with van der Waals surface area (Å²) in [5, 5.41) is 14.3. The first-order valence-corrected chi connectivity index (χ1v) is 12.3. The molecular formula is C28H25ClN4O2S. The summed E-state index contributed by atoms with van der Waals surface area (Å²) in [6, 6.07) is 20.5. The number of aromatic carboxylic acids is 1. The van der Waals surface area contributed by atoms with Crippen LogP contribution < -0.4 is 10.2 Å². The van der Waals surface area contributed by atoms with Gasteiger partial charge >= 0.3 is 5.97 Å². The van der Waals surface area contributed by atoms with Gasteiger partial charge in [0.25, 0.3) is 0 Å². The number of rotatable bonds is 5. The summed E-state index contributed by atoms with van der Waals surface area (Å²) >= 11 is 12.0. The number of thiocarbonyl (C=S) groups is 1. The second kappa shape index (κ2) is 9.41. The van der Waals surface area contributed by atoms with Crippen molar-refractivity contribution in [2.45, 2.75) is 32.9 Å². The number of nitrogens with zero attached hydrogens (tertiary/aromatic N) is 3. The fourth-order valence-corrected chi connectivity index (χ4v) is 5.46. The number of halogens is 1. The van der Waals surface area contributed by atoms with Crippen LogP contribution in [0.15, 0.2) is 72.9 Å². The van der Waals surface area contributed by atoms with Crippen molar-refractivity contribution in [3.63, 3.8) is 0 Å². The lowest BCUT2D eigenvalue weighted by Gasteiger charge is -2.28. The smallest absolute Gasteiger partial charge is 0.335 e. The van der Waals surface area contributed by atoms with E-state index in [4.69, 9.17) is 23.8 Å². The molecular weight excluding hydrogens is 492 g/mol. The molecule has 8 heteroatoms. The van der Waals surface area contributed by atoms with E-state index in [0.717, 1.165) is 39.6 Å². The first-order chi connectivity index (χ1) is 17.3. The van der Waals surface area contributed by atoms with Crippen LogP contribution >= 0.6 is 23.8 Å². The van der Waals surface area contributed by atoms with Gasteiger partial charge in [-0.25, -0.2) is 4.79 Å². The lowest BCUT2D eigenvalue weighted by atomic mass is 9.96. The summed E-state index contributed by atoms with van der Waals surface area (Å²) in [4.78, 5) is 18.4. The lowest BCUT2D eigenvalue weighted by molar-refractivity contribution is 0.0697. The Morgan fingerprint density at radius 1 is 1.06 bits per heavy atom. The zero-order chi connectivity index (χ0) is 25.6. The molecule has 1 fully saturated rings. The Morgan fingerprint density at radius 2 is 1.81 bits per heavy atom. The molecule has 4 aromatic rings. The van der Waals surface area contributed by atoms with Gasteiger partial charge in [-0.2, -0.15) is 0 Å². The van der Waals surface area contributed by atoms with Crippen LogP contribution in [0.5, 0.6) is 0 Å². The van der Waals surface area contributed by atoms with E-state index in [2.05, 4.69) is 32.8 Å². The van der Waals surface area contributed by atoms with Crippen molar-refractivity contribution in [1.29, 1.82) is 0 Å². The molecule has 2 aromatic carbocycles. The fourth-order valence-electron chi connectivity index (χ4n) is 4.99. The molecule has 2 N–H and O–H groups in total. The second-order valence-electron chi connectivity index (χ2n) is 8.94. The molecule has 0 aliphatic carbocycles. The van der Waals surface area contributed by atoms with E-state index in [1.54, 1.807) is 18.3 Å². The molecule has 182 valence electrons. The number of pyridine rings is 1. The number of aromatic nitrogens is 2. The van der Waals surface area contributed by atoms with Gasteiger partial charge in [0, 0.05) is 34.0 Å². The van der Waals surface area contributed by atoms with E-state index in [1.165, 1.54) is 0 Å². The molecule has 0 amide bonds. The third kappa shape index (κ3) is 4.14. The zero-order valence-electron chi connectivity index (χ0n) is 20.1.